The van der Waals surface area contributed by atoms with Crippen molar-refractivity contribution in [3.05, 3.63) is 133 Å². The summed E-state index contributed by atoms with van der Waals surface area (Å²) in [6, 6.07) is 36.4. The minimum Gasteiger partial charge on any atom is -0.736 e. The van der Waals surface area contributed by atoms with Gasteiger partial charge in [-0.05, 0) is 120 Å². The lowest BCUT2D eigenvalue weighted by molar-refractivity contribution is -0.929. The molecule has 0 spiro atoms. The predicted molar refractivity (Wildman–Crippen MR) is 330 cm³/mol. The minimum atomic E-state index is -5.08. The number of rotatable bonds is 30. The SMILES string of the molecule is CCCCCCCCc1ccc2c3c(c(-c4cn(-c5ccccc5)nn4)cc2c1)OP(=O)([O-])Oc1c(-c2cn(-c4ccccc4)nn2)cc2cc(CCCCCCCC)ccc2c1-3.CCCC[N+](CCCC)(CCCC)CCCC. The maximum absolute atomic E-state index is 14.3. The Bertz CT molecular complexity index is 3000. The summed E-state index contributed by atoms with van der Waals surface area (Å²) in [5, 5.41) is 21.8. The standard InChI is InChI=1S/C52H55N6O4P.C16H36N/c1-3-5-7-9-11-15-21-37-27-29-43-39(31-37)33-45(47-35-57(55-53-47)41-23-17-13-18-24-41)51-49(43)50-44-30-28-38(22-16-12-10-8-6-4-2)32-40(44)34-46(52(50)62-63(59,60)61-51)48-36-58(56-54-48)42-25-19-14-20-26-42;1-5-9-13-17(14-10-6-2,15-11-7-3)16-12-8-4/h13-14,17-20,23-36H,3-12,15-16,21-22H2,1-2H3,(H,59,60);5-16H2,1-4H3/q;+1/p-1. The van der Waals surface area contributed by atoms with Crippen LogP contribution in [0.1, 0.15) is 181 Å². The second-order valence-corrected chi connectivity index (χ2v) is 23.7. The first-order valence-electron chi connectivity index (χ1n) is 30.8. The van der Waals surface area contributed by atoms with Crippen molar-refractivity contribution in [3.8, 4) is 56.5 Å². The number of quaternary nitrogens is 1. The highest BCUT2D eigenvalue weighted by molar-refractivity contribution is 7.46. The maximum Gasteiger partial charge on any atom is 0.372 e. The molecule has 6 aromatic carbocycles. The molecule has 0 saturated heterocycles. The maximum atomic E-state index is 14.3. The number of hydrogen-bond donors (Lipinski definition) is 0. The Morgan fingerprint density at radius 1 is 0.450 bits per heavy atom. The first-order chi connectivity index (χ1) is 39.1. The van der Waals surface area contributed by atoms with Crippen LogP contribution in [0, 0.1) is 0 Å². The monoisotopic (exact) mass is 1100 g/mol. The summed E-state index contributed by atoms with van der Waals surface area (Å²) in [6.45, 7) is 19.5. The lowest BCUT2D eigenvalue weighted by Gasteiger charge is -2.39. The summed E-state index contributed by atoms with van der Waals surface area (Å²) in [7, 11) is -5.08. The van der Waals surface area contributed by atoms with Crippen LogP contribution in [0.15, 0.2) is 122 Å². The van der Waals surface area contributed by atoms with Crippen molar-refractivity contribution >= 4 is 29.4 Å². The van der Waals surface area contributed by atoms with Crippen molar-refractivity contribution in [2.24, 2.45) is 0 Å². The molecule has 9 rings (SSSR count). The van der Waals surface area contributed by atoms with Crippen LogP contribution in [0.5, 0.6) is 11.5 Å². The highest BCUT2D eigenvalue weighted by atomic mass is 31.2. The molecule has 3 heterocycles. The third-order valence-corrected chi connectivity index (χ3v) is 16.9. The molecule has 8 aromatic rings. The molecule has 1 aliphatic rings. The van der Waals surface area contributed by atoms with Crippen molar-refractivity contribution in [2.45, 2.75) is 183 Å². The second-order valence-electron chi connectivity index (χ2n) is 22.5. The van der Waals surface area contributed by atoms with E-state index >= 15 is 0 Å². The molecule has 0 radical (unpaired) electrons. The first-order valence-corrected chi connectivity index (χ1v) is 32.3. The van der Waals surface area contributed by atoms with Crippen LogP contribution in [-0.4, -0.2) is 60.6 Å². The molecular weight excluding hydrogens is 1010 g/mol. The topological polar surface area (TPSA) is 120 Å². The number of fused-ring (bicyclic) bond motifs is 7. The molecule has 0 N–H and O–H groups in total. The average Bonchev–Trinajstić information content (AvgIpc) is 4.34. The highest BCUT2D eigenvalue weighted by Crippen LogP contribution is 2.60. The number of unbranched alkanes of at least 4 members (excludes halogenated alkanes) is 14. The number of benzene rings is 6. The van der Waals surface area contributed by atoms with Gasteiger partial charge in [0.2, 0.25) is 0 Å². The molecule has 0 bridgehead atoms. The first kappa shape index (κ1) is 60.0. The lowest BCUT2D eigenvalue weighted by Crippen LogP contribution is -2.50. The number of phosphoric ester groups is 1. The second kappa shape index (κ2) is 30.1. The molecule has 0 atom stereocenters. The van der Waals surface area contributed by atoms with Gasteiger partial charge in [-0.1, -0.05) is 215 Å². The summed E-state index contributed by atoms with van der Waals surface area (Å²) in [4.78, 5) is 14.3. The Labute approximate surface area is 478 Å². The van der Waals surface area contributed by atoms with E-state index in [2.05, 4.69) is 98.6 Å². The minimum absolute atomic E-state index is 0.144. The van der Waals surface area contributed by atoms with E-state index in [4.69, 9.17) is 9.05 Å². The number of aromatic nitrogens is 6. The van der Waals surface area contributed by atoms with Gasteiger partial charge < -0.3 is 18.4 Å². The average molecular weight is 1100 g/mol. The van der Waals surface area contributed by atoms with Crippen molar-refractivity contribution in [3.63, 3.8) is 0 Å². The molecule has 12 heteroatoms. The summed E-state index contributed by atoms with van der Waals surface area (Å²) in [5.41, 5.74) is 7.22. The Morgan fingerprint density at radius 2 is 0.812 bits per heavy atom. The zero-order valence-corrected chi connectivity index (χ0v) is 50.0. The molecule has 0 saturated carbocycles. The van der Waals surface area contributed by atoms with Gasteiger partial charge in [-0.25, -0.2) is 13.9 Å². The predicted octanol–water partition coefficient (Wildman–Crippen LogP) is 18.2. The van der Waals surface area contributed by atoms with Gasteiger partial charge in [-0.3, -0.25) is 0 Å². The fraction of sp³-hybridized carbons (Fsp3) is 0.471. The molecule has 426 valence electrons. The smallest absolute Gasteiger partial charge is 0.372 e. The molecule has 80 heavy (non-hydrogen) atoms. The number of nitrogens with zero attached hydrogens (tertiary/aromatic N) is 7. The van der Waals surface area contributed by atoms with Crippen LogP contribution in [0.25, 0.3) is 66.6 Å². The van der Waals surface area contributed by atoms with Crippen LogP contribution in [0.4, 0.5) is 0 Å². The van der Waals surface area contributed by atoms with E-state index in [-0.39, 0.29) is 11.5 Å². The quantitative estimate of drug-likeness (QED) is 0.0248. The summed E-state index contributed by atoms with van der Waals surface area (Å²) >= 11 is 0. The fourth-order valence-electron chi connectivity index (χ4n) is 11.5. The van der Waals surface area contributed by atoms with Gasteiger partial charge >= 0.3 is 7.82 Å². The van der Waals surface area contributed by atoms with Gasteiger partial charge in [-0.2, -0.15) is 0 Å². The van der Waals surface area contributed by atoms with Crippen molar-refractivity contribution in [1.82, 2.24) is 30.0 Å². The van der Waals surface area contributed by atoms with Crippen LogP contribution in [-0.2, 0) is 17.4 Å². The Hall–Kier alpha value is -6.13. The largest absolute Gasteiger partial charge is 0.736 e. The van der Waals surface area contributed by atoms with E-state index < -0.39 is 7.82 Å². The van der Waals surface area contributed by atoms with Crippen molar-refractivity contribution in [2.75, 3.05) is 26.2 Å². The fourth-order valence-corrected chi connectivity index (χ4v) is 12.4. The number of phosphoric acid groups is 1. The van der Waals surface area contributed by atoms with E-state index in [0.717, 1.165) is 58.6 Å². The van der Waals surface area contributed by atoms with Gasteiger partial charge in [0.25, 0.3) is 0 Å². The van der Waals surface area contributed by atoms with Gasteiger partial charge in [-0.15, -0.1) is 10.2 Å². The molecule has 0 amide bonds. The molecule has 11 nitrogen and oxygen atoms in total. The zero-order chi connectivity index (χ0) is 56.2. The molecular formula is C68H90N7O4P. The number of hydrogen-bond acceptors (Lipinski definition) is 8. The molecule has 1 aliphatic heterocycles. The molecule has 2 aromatic heterocycles. The highest BCUT2D eigenvalue weighted by Gasteiger charge is 2.34. The Morgan fingerprint density at radius 3 is 1.19 bits per heavy atom. The summed E-state index contributed by atoms with van der Waals surface area (Å²) < 4.78 is 31.5. The van der Waals surface area contributed by atoms with Gasteiger partial charge in [0, 0.05) is 22.3 Å². The van der Waals surface area contributed by atoms with Crippen LogP contribution >= 0.6 is 7.82 Å². The normalized spacial score (nSPS) is 12.8. The zero-order valence-electron chi connectivity index (χ0n) is 49.1. The van der Waals surface area contributed by atoms with Gasteiger partial charge in [0.15, 0.2) is 0 Å². The summed E-state index contributed by atoms with van der Waals surface area (Å²) in [5.74, 6) is 0.289. The van der Waals surface area contributed by atoms with Gasteiger partial charge in [0.05, 0.1) is 49.9 Å². The van der Waals surface area contributed by atoms with E-state index in [0.29, 0.717) is 33.6 Å². The molecule has 0 fully saturated rings. The van der Waals surface area contributed by atoms with E-state index in [1.165, 1.54) is 157 Å². The lowest BCUT2D eigenvalue weighted by atomic mass is 9.86. The number of aryl methyl sites for hydroxylation is 2. The van der Waals surface area contributed by atoms with Crippen molar-refractivity contribution < 1.29 is 23.0 Å². The van der Waals surface area contributed by atoms with E-state index in [1.807, 2.05) is 85.2 Å². The van der Waals surface area contributed by atoms with Gasteiger partial charge in [0.1, 0.15) is 22.9 Å². The Kier molecular flexibility index (Phi) is 22.5. The van der Waals surface area contributed by atoms with Crippen LogP contribution in [0.2, 0.25) is 0 Å². The summed E-state index contributed by atoms with van der Waals surface area (Å²) in [6.07, 6.45) is 31.1. The molecule has 0 aliphatic carbocycles. The molecule has 0 unspecified atom stereocenters. The third-order valence-electron chi connectivity index (χ3n) is 16.1. The number of para-hydroxylation sites is 2. The third kappa shape index (κ3) is 15.7. The van der Waals surface area contributed by atoms with E-state index in [1.54, 1.807) is 9.36 Å². The van der Waals surface area contributed by atoms with E-state index in [9.17, 15) is 9.46 Å². The van der Waals surface area contributed by atoms with Crippen LogP contribution in [0.3, 0.4) is 0 Å². The Balaban J connectivity index is 0.000000428. The van der Waals surface area contributed by atoms with Crippen LogP contribution < -0.4 is 13.9 Å². The van der Waals surface area contributed by atoms with Crippen molar-refractivity contribution in [1.29, 1.82) is 0 Å².